The minimum Gasteiger partial charge on any atom is -0.444 e. The van der Waals surface area contributed by atoms with Gasteiger partial charge in [-0.15, -0.1) is 0 Å². The Bertz CT molecular complexity index is 1250. The van der Waals surface area contributed by atoms with Gasteiger partial charge < -0.3 is 19.9 Å². The molecule has 0 radical (unpaired) electrons. The number of aromatic nitrogens is 1. The van der Waals surface area contributed by atoms with Crippen molar-refractivity contribution in [3.63, 3.8) is 0 Å². The van der Waals surface area contributed by atoms with Crippen molar-refractivity contribution in [3.05, 3.63) is 76.9 Å². The summed E-state index contributed by atoms with van der Waals surface area (Å²) in [5.41, 5.74) is 11.4. The molecule has 0 aliphatic carbocycles. The predicted octanol–water partition coefficient (Wildman–Crippen LogP) is 5.92. The molecular weight excluding hydrogens is 483 g/mol. The van der Waals surface area contributed by atoms with Crippen LogP contribution in [0.1, 0.15) is 68.2 Å². The van der Waals surface area contributed by atoms with Gasteiger partial charge in [0.25, 0.3) is 0 Å². The van der Waals surface area contributed by atoms with E-state index in [1.54, 1.807) is 4.90 Å². The number of nitrogens with two attached hydrogens (primary N) is 1. The molecule has 2 aromatic carbocycles. The molecule has 0 bridgehead atoms. The molecule has 7 nitrogen and oxygen atoms in total. The van der Waals surface area contributed by atoms with E-state index in [9.17, 15) is 9.18 Å². The van der Waals surface area contributed by atoms with Gasteiger partial charge in [0.1, 0.15) is 17.2 Å². The maximum Gasteiger partial charge on any atom is 0.410 e. The molecule has 2 aliphatic heterocycles. The van der Waals surface area contributed by atoms with Crippen molar-refractivity contribution in [2.75, 3.05) is 13.1 Å². The van der Waals surface area contributed by atoms with E-state index >= 15 is 0 Å². The van der Waals surface area contributed by atoms with Gasteiger partial charge in [-0.2, -0.15) is 0 Å². The lowest BCUT2D eigenvalue weighted by atomic mass is 9.73. The number of amides is 1. The summed E-state index contributed by atoms with van der Waals surface area (Å²) in [6.07, 6.45) is 1.17. The van der Waals surface area contributed by atoms with Crippen molar-refractivity contribution in [3.8, 4) is 11.1 Å². The minimum absolute atomic E-state index is 0.0319. The lowest BCUT2D eigenvalue weighted by Crippen LogP contribution is -2.66. The second-order valence-corrected chi connectivity index (χ2v) is 11.5. The maximum atomic E-state index is 13.7. The van der Waals surface area contributed by atoms with Crippen LogP contribution in [-0.2, 0) is 4.74 Å². The van der Waals surface area contributed by atoms with E-state index in [0.717, 1.165) is 46.5 Å². The van der Waals surface area contributed by atoms with Crippen LogP contribution in [0.25, 0.3) is 11.1 Å². The van der Waals surface area contributed by atoms with E-state index in [2.05, 4.69) is 34.3 Å². The number of ether oxygens (including phenoxy) is 1. The Labute approximate surface area is 223 Å². The number of benzene rings is 2. The number of hydrogen-bond acceptors (Lipinski definition) is 6. The van der Waals surface area contributed by atoms with Gasteiger partial charge in [-0.1, -0.05) is 41.6 Å². The van der Waals surface area contributed by atoms with Gasteiger partial charge in [0.05, 0.1) is 11.9 Å². The Morgan fingerprint density at radius 2 is 1.63 bits per heavy atom. The van der Waals surface area contributed by atoms with Crippen LogP contribution in [0, 0.1) is 19.7 Å². The predicted molar refractivity (Wildman–Crippen MR) is 144 cm³/mol. The molecule has 38 heavy (non-hydrogen) atoms. The van der Waals surface area contributed by atoms with E-state index in [0.29, 0.717) is 13.1 Å². The highest BCUT2D eigenvalue weighted by atomic mass is 19.1. The normalized spacial score (nSPS) is 22.8. The molecule has 3 heterocycles. The zero-order valence-corrected chi connectivity index (χ0v) is 22.8. The monoisotopic (exact) mass is 520 g/mol. The number of halogens is 1. The number of carbonyl (C=O) groups is 1. The fourth-order valence-electron chi connectivity index (χ4n) is 5.97. The molecule has 3 aromatic rings. The summed E-state index contributed by atoms with van der Waals surface area (Å²) < 4.78 is 24.6. The second-order valence-electron chi connectivity index (χ2n) is 11.5. The van der Waals surface area contributed by atoms with Crippen LogP contribution < -0.4 is 5.73 Å². The quantitative estimate of drug-likeness (QED) is 0.460. The summed E-state index contributed by atoms with van der Waals surface area (Å²) in [7, 11) is 0. The fourth-order valence-corrected chi connectivity index (χ4v) is 5.97. The first-order chi connectivity index (χ1) is 18.0. The Hall–Kier alpha value is -3.23. The van der Waals surface area contributed by atoms with Gasteiger partial charge in [-0.05, 0) is 76.3 Å². The van der Waals surface area contributed by atoms with Gasteiger partial charge in [0, 0.05) is 36.7 Å². The molecule has 3 unspecified atom stereocenters. The molecule has 1 amide bonds. The third-order valence-corrected chi connectivity index (χ3v) is 7.74. The Kier molecular flexibility index (Phi) is 7.05. The maximum absolute atomic E-state index is 13.7. The third kappa shape index (κ3) is 5.07. The van der Waals surface area contributed by atoms with E-state index in [-0.39, 0.29) is 36.1 Å². The number of rotatable bonds is 4. The molecule has 2 aliphatic rings. The van der Waals surface area contributed by atoms with Crippen molar-refractivity contribution in [2.24, 2.45) is 5.73 Å². The average molecular weight is 521 g/mol. The first-order valence-corrected chi connectivity index (χ1v) is 13.3. The van der Waals surface area contributed by atoms with Crippen LogP contribution in [0.15, 0.2) is 53.1 Å². The summed E-state index contributed by atoms with van der Waals surface area (Å²) in [6.45, 7) is 10.8. The molecule has 202 valence electrons. The van der Waals surface area contributed by atoms with E-state index in [4.69, 9.17) is 15.0 Å². The molecule has 3 atom stereocenters. The summed E-state index contributed by atoms with van der Waals surface area (Å²) in [5.74, 6) is 0.571. The van der Waals surface area contributed by atoms with Crippen LogP contribution in [0.3, 0.4) is 0 Å². The van der Waals surface area contributed by atoms with Gasteiger partial charge in [0.2, 0.25) is 0 Å². The second kappa shape index (κ2) is 10.2. The highest BCUT2D eigenvalue weighted by Crippen LogP contribution is 2.51. The van der Waals surface area contributed by atoms with Crippen LogP contribution in [0.2, 0.25) is 0 Å². The lowest BCUT2D eigenvalue weighted by molar-refractivity contribution is -0.0692. The number of carbonyl (C=O) groups excluding carboxylic acids is 1. The standard InChI is InChI=1S/C30H37FN4O3/c1-18-25(19(2)38-33-18)20-6-8-22(9-7-20)27-26(21-10-12-23(31)13-11-21)28(32)35(27)24-14-16-34(17-15-24)29(36)37-30(3,4)5/h6-13,24,26-28H,14-17,32H2,1-5H3. The first kappa shape index (κ1) is 26.4. The SMILES string of the molecule is Cc1noc(C)c1-c1ccc(C2C(c3ccc(F)cc3)C(N)N2C2CCN(C(=O)OC(C)(C)C)CC2)cc1. The Morgan fingerprint density at radius 1 is 1.03 bits per heavy atom. The van der Waals surface area contributed by atoms with Crippen LogP contribution in [-0.4, -0.2) is 51.9 Å². The fraction of sp³-hybridized carbons (Fsp3) is 0.467. The van der Waals surface area contributed by atoms with Gasteiger partial charge in [-0.25, -0.2) is 9.18 Å². The van der Waals surface area contributed by atoms with Crippen molar-refractivity contribution >= 4 is 6.09 Å². The third-order valence-electron chi connectivity index (χ3n) is 7.74. The topological polar surface area (TPSA) is 84.8 Å². The van der Waals surface area contributed by atoms with E-state index in [1.165, 1.54) is 12.1 Å². The number of hydrogen-bond donors (Lipinski definition) is 1. The number of piperidine rings is 1. The highest BCUT2D eigenvalue weighted by Gasteiger charge is 2.51. The summed E-state index contributed by atoms with van der Waals surface area (Å²) in [6, 6.07) is 15.5. The molecule has 8 heteroatoms. The molecule has 2 saturated heterocycles. The van der Waals surface area contributed by atoms with Crippen LogP contribution >= 0.6 is 0 Å². The van der Waals surface area contributed by atoms with E-state index in [1.807, 2.05) is 46.8 Å². The molecule has 0 spiro atoms. The Morgan fingerprint density at radius 3 is 2.18 bits per heavy atom. The summed E-state index contributed by atoms with van der Waals surface area (Å²) in [5, 5.41) is 4.09. The lowest BCUT2D eigenvalue weighted by Gasteiger charge is -2.58. The van der Waals surface area contributed by atoms with Crippen molar-refractivity contribution in [2.45, 2.75) is 77.2 Å². The van der Waals surface area contributed by atoms with E-state index < -0.39 is 5.60 Å². The van der Waals surface area contributed by atoms with Gasteiger partial charge in [-0.3, -0.25) is 4.90 Å². The smallest absolute Gasteiger partial charge is 0.410 e. The van der Waals surface area contributed by atoms with Crippen molar-refractivity contribution < 1.29 is 18.4 Å². The minimum atomic E-state index is -0.517. The van der Waals surface area contributed by atoms with Gasteiger partial charge >= 0.3 is 6.09 Å². The molecular formula is C30H37FN4O3. The van der Waals surface area contributed by atoms with Crippen LogP contribution in [0.5, 0.6) is 0 Å². The van der Waals surface area contributed by atoms with Gasteiger partial charge in [0.15, 0.2) is 0 Å². The number of aryl methyl sites for hydroxylation is 2. The molecule has 2 fully saturated rings. The molecule has 1 aromatic heterocycles. The largest absolute Gasteiger partial charge is 0.444 e. The number of likely N-dealkylation sites (tertiary alicyclic amines) is 2. The number of nitrogens with zero attached hydrogens (tertiary/aromatic N) is 3. The van der Waals surface area contributed by atoms with Crippen molar-refractivity contribution in [1.82, 2.24) is 15.0 Å². The molecule has 5 rings (SSSR count). The summed E-state index contributed by atoms with van der Waals surface area (Å²) in [4.78, 5) is 16.8. The molecule has 2 N–H and O–H groups in total. The first-order valence-electron chi connectivity index (χ1n) is 13.3. The molecule has 0 saturated carbocycles. The van der Waals surface area contributed by atoms with Crippen LogP contribution in [0.4, 0.5) is 9.18 Å². The van der Waals surface area contributed by atoms with Crippen molar-refractivity contribution in [1.29, 1.82) is 0 Å². The average Bonchev–Trinajstić information content (AvgIpc) is 3.21. The highest BCUT2D eigenvalue weighted by molar-refractivity contribution is 5.68. The Balaban J connectivity index is 1.39. The zero-order chi connectivity index (χ0) is 27.2. The summed E-state index contributed by atoms with van der Waals surface area (Å²) >= 11 is 0. The zero-order valence-electron chi connectivity index (χ0n) is 22.8.